The lowest BCUT2D eigenvalue weighted by Crippen LogP contribution is -2.06. The fraction of sp³-hybridized carbons (Fsp3) is 0.0476. The number of aromatic nitrogens is 5. The zero-order valence-electron chi connectivity index (χ0n) is 14.5. The summed E-state index contributed by atoms with van der Waals surface area (Å²) < 4.78 is 1.89. The number of hydrogen-bond donors (Lipinski definition) is 1. The molecule has 0 atom stereocenters. The first kappa shape index (κ1) is 15.5. The SMILES string of the molecule is Cc1cccc(-c2nc3[nH]c(=O)ccn3c2-c2ccc3ncccc3c2)n1. The van der Waals surface area contributed by atoms with Crippen LogP contribution in [0.1, 0.15) is 5.69 Å². The lowest BCUT2D eigenvalue weighted by Gasteiger charge is -2.07. The van der Waals surface area contributed by atoms with Crippen molar-refractivity contribution in [1.82, 2.24) is 24.3 Å². The third-order valence-electron chi connectivity index (χ3n) is 4.53. The Morgan fingerprint density at radius 2 is 1.93 bits per heavy atom. The molecule has 27 heavy (non-hydrogen) atoms. The molecule has 0 aliphatic heterocycles. The van der Waals surface area contributed by atoms with Crippen molar-refractivity contribution in [3.8, 4) is 22.6 Å². The van der Waals surface area contributed by atoms with Gasteiger partial charge in [-0.15, -0.1) is 0 Å². The van der Waals surface area contributed by atoms with Crippen LogP contribution in [0.5, 0.6) is 0 Å². The van der Waals surface area contributed by atoms with Crippen LogP contribution < -0.4 is 5.56 Å². The Morgan fingerprint density at radius 3 is 2.81 bits per heavy atom. The molecule has 4 heterocycles. The second-order valence-electron chi connectivity index (χ2n) is 6.38. The van der Waals surface area contributed by atoms with Gasteiger partial charge in [-0.2, -0.15) is 0 Å². The Kier molecular flexibility index (Phi) is 3.36. The van der Waals surface area contributed by atoms with Crippen molar-refractivity contribution >= 4 is 16.7 Å². The van der Waals surface area contributed by atoms with Crippen molar-refractivity contribution in [2.75, 3.05) is 0 Å². The molecular weight excluding hydrogens is 338 g/mol. The number of imidazole rings is 1. The van der Waals surface area contributed by atoms with E-state index in [1.807, 2.05) is 53.8 Å². The van der Waals surface area contributed by atoms with E-state index in [9.17, 15) is 4.79 Å². The normalized spacial score (nSPS) is 11.3. The molecule has 130 valence electrons. The van der Waals surface area contributed by atoms with E-state index in [0.29, 0.717) is 5.78 Å². The smallest absolute Gasteiger partial charge is 0.252 e. The monoisotopic (exact) mass is 353 g/mol. The Labute approximate surface area is 154 Å². The van der Waals surface area contributed by atoms with Crippen LogP contribution in [0.15, 0.2) is 71.8 Å². The molecule has 0 fully saturated rings. The van der Waals surface area contributed by atoms with Gasteiger partial charge >= 0.3 is 0 Å². The van der Waals surface area contributed by atoms with Crippen LogP contribution in [-0.2, 0) is 0 Å². The molecule has 0 saturated carbocycles. The van der Waals surface area contributed by atoms with Gasteiger partial charge in [0, 0.05) is 35.1 Å². The molecule has 0 radical (unpaired) electrons. The van der Waals surface area contributed by atoms with Gasteiger partial charge in [-0.05, 0) is 37.3 Å². The minimum atomic E-state index is -0.189. The standard InChI is InChI=1S/C21H15N5O/c1-13-4-2-6-17(23-13)19-20(26-11-9-18(27)24-21(26)25-19)15-7-8-16-14(12-15)5-3-10-22-16/h2-12H,1H3,(H,24,25,27). The fourth-order valence-electron chi connectivity index (χ4n) is 3.31. The molecule has 5 rings (SSSR count). The Hall–Kier alpha value is -3.80. The van der Waals surface area contributed by atoms with E-state index in [2.05, 4.69) is 26.0 Å². The van der Waals surface area contributed by atoms with E-state index in [1.54, 1.807) is 12.4 Å². The van der Waals surface area contributed by atoms with Crippen LogP contribution in [0.25, 0.3) is 39.3 Å². The summed E-state index contributed by atoms with van der Waals surface area (Å²) in [4.78, 5) is 28.3. The molecule has 0 saturated heterocycles. The average Bonchev–Trinajstić information content (AvgIpc) is 3.06. The van der Waals surface area contributed by atoms with Crippen molar-refractivity contribution in [2.24, 2.45) is 0 Å². The van der Waals surface area contributed by atoms with Gasteiger partial charge < -0.3 is 0 Å². The van der Waals surface area contributed by atoms with Crippen molar-refractivity contribution < 1.29 is 0 Å². The highest BCUT2D eigenvalue weighted by atomic mass is 16.1. The Morgan fingerprint density at radius 1 is 1.00 bits per heavy atom. The highest BCUT2D eigenvalue weighted by molar-refractivity contribution is 5.88. The van der Waals surface area contributed by atoms with Crippen LogP contribution in [0, 0.1) is 6.92 Å². The summed E-state index contributed by atoms with van der Waals surface area (Å²) in [6.45, 7) is 1.95. The molecule has 0 unspecified atom stereocenters. The van der Waals surface area contributed by atoms with Gasteiger partial charge in [0.15, 0.2) is 0 Å². The number of nitrogens with zero attached hydrogens (tertiary/aromatic N) is 4. The van der Waals surface area contributed by atoms with Gasteiger partial charge in [0.25, 0.3) is 5.56 Å². The summed E-state index contributed by atoms with van der Waals surface area (Å²) in [5.74, 6) is 0.488. The van der Waals surface area contributed by atoms with E-state index >= 15 is 0 Å². The third kappa shape index (κ3) is 2.58. The van der Waals surface area contributed by atoms with Crippen molar-refractivity contribution in [3.63, 3.8) is 0 Å². The highest BCUT2D eigenvalue weighted by Gasteiger charge is 2.18. The molecule has 6 nitrogen and oxygen atoms in total. The largest absolute Gasteiger partial charge is 0.292 e. The summed E-state index contributed by atoms with van der Waals surface area (Å²) in [6.07, 6.45) is 3.52. The molecule has 1 aromatic carbocycles. The van der Waals surface area contributed by atoms with E-state index in [4.69, 9.17) is 0 Å². The molecule has 0 spiro atoms. The molecule has 1 N–H and O–H groups in total. The van der Waals surface area contributed by atoms with Crippen molar-refractivity contribution in [1.29, 1.82) is 0 Å². The third-order valence-corrected chi connectivity index (χ3v) is 4.53. The van der Waals surface area contributed by atoms with Crippen LogP contribution in [0.3, 0.4) is 0 Å². The minimum absolute atomic E-state index is 0.189. The van der Waals surface area contributed by atoms with E-state index in [1.165, 1.54) is 6.07 Å². The summed E-state index contributed by atoms with van der Waals surface area (Å²) in [6, 6.07) is 17.4. The van der Waals surface area contributed by atoms with Gasteiger partial charge in [0.2, 0.25) is 5.78 Å². The summed E-state index contributed by atoms with van der Waals surface area (Å²) in [5, 5.41) is 1.04. The van der Waals surface area contributed by atoms with Crippen LogP contribution in [-0.4, -0.2) is 24.3 Å². The number of benzene rings is 1. The average molecular weight is 353 g/mol. The second kappa shape index (κ2) is 5.88. The molecular formula is C21H15N5O. The number of nitrogens with one attached hydrogen (secondary N) is 1. The maximum Gasteiger partial charge on any atom is 0.252 e. The van der Waals surface area contributed by atoms with Gasteiger partial charge in [0.1, 0.15) is 5.69 Å². The quantitative estimate of drug-likeness (QED) is 0.526. The number of pyridine rings is 2. The number of fused-ring (bicyclic) bond motifs is 2. The van der Waals surface area contributed by atoms with Crippen molar-refractivity contribution in [2.45, 2.75) is 6.92 Å². The van der Waals surface area contributed by atoms with Gasteiger partial charge in [0.05, 0.1) is 16.9 Å². The number of rotatable bonds is 2. The molecule has 0 aliphatic rings. The lowest BCUT2D eigenvalue weighted by molar-refractivity contribution is 1.08. The summed E-state index contributed by atoms with van der Waals surface area (Å²) >= 11 is 0. The zero-order chi connectivity index (χ0) is 18.4. The van der Waals surface area contributed by atoms with Crippen LogP contribution in [0.2, 0.25) is 0 Å². The summed E-state index contributed by atoms with van der Waals surface area (Å²) in [5.41, 5.74) is 5.00. The first-order valence-electron chi connectivity index (χ1n) is 8.60. The highest BCUT2D eigenvalue weighted by Crippen LogP contribution is 2.32. The first-order chi connectivity index (χ1) is 13.2. The maximum atomic E-state index is 11.8. The lowest BCUT2D eigenvalue weighted by atomic mass is 10.1. The van der Waals surface area contributed by atoms with E-state index in [0.717, 1.165) is 39.2 Å². The first-order valence-corrected chi connectivity index (χ1v) is 8.60. The van der Waals surface area contributed by atoms with Gasteiger partial charge in [-0.1, -0.05) is 18.2 Å². The molecule has 0 aliphatic carbocycles. The van der Waals surface area contributed by atoms with Crippen LogP contribution >= 0.6 is 0 Å². The fourth-order valence-corrected chi connectivity index (χ4v) is 3.31. The molecule has 0 amide bonds. The van der Waals surface area contributed by atoms with Gasteiger partial charge in [-0.25, -0.2) is 4.98 Å². The molecule has 5 aromatic rings. The maximum absolute atomic E-state index is 11.8. The van der Waals surface area contributed by atoms with Crippen molar-refractivity contribution in [3.05, 3.63) is 83.0 Å². The van der Waals surface area contributed by atoms with E-state index < -0.39 is 0 Å². The predicted octanol–water partition coefficient (Wildman–Crippen LogP) is 3.61. The van der Waals surface area contributed by atoms with E-state index in [-0.39, 0.29) is 5.56 Å². The zero-order valence-corrected chi connectivity index (χ0v) is 14.5. The summed E-state index contributed by atoms with van der Waals surface area (Å²) in [7, 11) is 0. The number of aromatic amines is 1. The molecule has 0 bridgehead atoms. The Bertz CT molecular complexity index is 1370. The minimum Gasteiger partial charge on any atom is -0.292 e. The molecule has 4 aromatic heterocycles. The molecule has 6 heteroatoms. The number of aryl methyl sites for hydroxylation is 1. The topological polar surface area (TPSA) is 75.9 Å². The second-order valence-corrected chi connectivity index (χ2v) is 6.38. The number of hydrogen-bond acceptors (Lipinski definition) is 4. The Balaban J connectivity index is 1.85. The number of H-pyrrole nitrogens is 1. The van der Waals surface area contributed by atoms with Crippen LogP contribution in [0.4, 0.5) is 0 Å². The predicted molar refractivity (Wildman–Crippen MR) is 105 cm³/mol. The van der Waals surface area contributed by atoms with Gasteiger partial charge in [-0.3, -0.25) is 24.1 Å².